The highest BCUT2D eigenvalue weighted by Crippen LogP contribution is 2.58. The summed E-state index contributed by atoms with van der Waals surface area (Å²) in [5.74, 6) is 1.24. The molecule has 0 bridgehead atoms. The van der Waals surface area contributed by atoms with Crippen LogP contribution in [0.5, 0.6) is 11.5 Å². The zero-order valence-corrected chi connectivity index (χ0v) is 40.5. The molecule has 62 heavy (non-hydrogen) atoms. The molecule has 0 saturated heterocycles. The lowest BCUT2D eigenvalue weighted by molar-refractivity contribution is -0.0823. The second kappa shape index (κ2) is 16.4. The van der Waals surface area contributed by atoms with Gasteiger partial charge in [0.05, 0.1) is 29.0 Å². The van der Waals surface area contributed by atoms with Crippen LogP contribution in [0.15, 0.2) is 97.1 Å². The fraction of sp³-hybridized carbons (Fsp3) is 0.444. The number of aryl methyl sites for hydroxylation is 1. The topological polar surface area (TPSA) is 55.4 Å². The van der Waals surface area contributed by atoms with E-state index in [0.717, 1.165) is 33.2 Å². The van der Waals surface area contributed by atoms with Crippen molar-refractivity contribution in [2.75, 3.05) is 13.2 Å². The second-order valence-electron chi connectivity index (χ2n) is 21.2. The molecule has 7 rings (SSSR count). The van der Waals surface area contributed by atoms with Crippen LogP contribution in [-0.4, -0.2) is 44.4 Å². The van der Waals surface area contributed by atoms with Crippen LogP contribution in [0.4, 0.5) is 4.39 Å². The first-order valence-corrected chi connectivity index (χ1v) is 24.1. The molecule has 0 saturated carbocycles. The Kier molecular flexibility index (Phi) is 12.1. The Morgan fingerprint density at radius 1 is 0.677 bits per heavy atom. The van der Waals surface area contributed by atoms with Crippen LogP contribution in [0.3, 0.4) is 0 Å². The smallest absolute Gasteiger partial charge is 0.491 e. The average Bonchev–Trinajstić information content (AvgIpc) is 3.40. The average molecular weight is 859 g/mol. The highest BCUT2D eigenvalue weighted by Gasteiger charge is 2.51. The van der Waals surface area contributed by atoms with E-state index in [2.05, 4.69) is 89.2 Å². The van der Waals surface area contributed by atoms with Gasteiger partial charge in [0, 0.05) is 33.5 Å². The number of ether oxygens (including phenoxy) is 3. The molecule has 1 aliphatic carbocycles. The number of rotatable bonds is 13. The van der Waals surface area contributed by atoms with E-state index >= 15 is 0 Å². The molecule has 1 aliphatic heterocycles. The van der Waals surface area contributed by atoms with Gasteiger partial charge in [-0.05, 0) is 147 Å². The molecular weight excluding hydrogens is 792 g/mol. The summed E-state index contributed by atoms with van der Waals surface area (Å²) < 4.78 is 54.7. The van der Waals surface area contributed by atoms with E-state index < -0.39 is 36.8 Å². The number of benzene rings is 5. The number of fused-ring (bicyclic) bond motifs is 8. The normalized spacial score (nSPS) is 17.4. The van der Waals surface area contributed by atoms with Crippen molar-refractivity contribution >= 4 is 25.7 Å². The Morgan fingerprint density at radius 2 is 1.24 bits per heavy atom. The van der Waals surface area contributed by atoms with E-state index in [-0.39, 0.29) is 11.2 Å². The van der Waals surface area contributed by atoms with E-state index in [0.29, 0.717) is 31.4 Å². The van der Waals surface area contributed by atoms with E-state index in [1.54, 1.807) is 0 Å². The van der Waals surface area contributed by atoms with Crippen molar-refractivity contribution in [2.24, 2.45) is 0 Å². The highest BCUT2D eigenvalue weighted by molar-refractivity contribution is 6.61. The van der Waals surface area contributed by atoms with Gasteiger partial charge in [0.25, 0.3) is 0 Å². The van der Waals surface area contributed by atoms with Crippen molar-refractivity contribution in [1.82, 2.24) is 0 Å². The Balaban J connectivity index is 1.12. The van der Waals surface area contributed by atoms with Crippen LogP contribution in [0.2, 0.25) is 6.04 Å². The van der Waals surface area contributed by atoms with Crippen LogP contribution < -0.4 is 9.47 Å². The highest BCUT2D eigenvalue weighted by atomic mass is 28.4. The first kappa shape index (κ1) is 45.7. The monoisotopic (exact) mass is 858 g/mol. The van der Waals surface area contributed by atoms with Gasteiger partial charge in [0.2, 0.25) is 0 Å². The molecule has 0 amide bonds. The summed E-state index contributed by atoms with van der Waals surface area (Å²) in [7, 11) is -3.17. The minimum absolute atomic E-state index is 0.249. The molecule has 0 N–H and O–H groups in total. The third-order valence-electron chi connectivity index (χ3n) is 11.5. The van der Waals surface area contributed by atoms with E-state index in [9.17, 15) is 4.39 Å². The molecule has 0 radical (unpaired) electrons. The number of halogens is 1. The molecule has 1 heterocycles. The molecule has 1 atom stereocenters. The lowest BCUT2D eigenvalue weighted by Gasteiger charge is -2.44. The fourth-order valence-electron chi connectivity index (χ4n) is 9.14. The van der Waals surface area contributed by atoms with Gasteiger partial charge in [-0.25, -0.2) is 4.39 Å². The fourth-order valence-corrected chi connectivity index (χ4v) is 13.3. The Hall–Kier alpha value is -4.31. The third kappa shape index (κ3) is 9.60. The quantitative estimate of drug-likeness (QED) is 0.0868. The Morgan fingerprint density at radius 3 is 1.82 bits per heavy atom. The van der Waals surface area contributed by atoms with E-state index in [4.69, 9.17) is 27.5 Å². The van der Waals surface area contributed by atoms with Gasteiger partial charge in [0.1, 0.15) is 23.9 Å². The van der Waals surface area contributed by atoms with Gasteiger partial charge in [-0.2, -0.15) is 0 Å². The second-order valence-corrected chi connectivity index (χ2v) is 23.7. The van der Waals surface area contributed by atoms with Gasteiger partial charge in [-0.15, -0.1) is 0 Å². The first-order valence-electron chi connectivity index (χ1n) is 22.1. The van der Waals surface area contributed by atoms with Gasteiger partial charge >= 0.3 is 8.80 Å². The van der Waals surface area contributed by atoms with Crippen molar-refractivity contribution in [1.29, 1.82) is 0 Å². The van der Waals surface area contributed by atoms with Crippen LogP contribution in [-0.2, 0) is 29.0 Å². The van der Waals surface area contributed by atoms with E-state index in [1.807, 2.05) is 98.7 Å². The predicted molar refractivity (Wildman–Crippen MR) is 253 cm³/mol. The van der Waals surface area contributed by atoms with Gasteiger partial charge in [0.15, 0.2) is 5.60 Å². The maximum absolute atomic E-state index is 14.5. The SMILES string of the molecule is Cc1ccc2c(c1)C(C)(C)c1c3c(c4ccccc4c1-2)OC(c1ccc(F)cc1)(c1ccc(OCCOC(C)(C)CC[Si](OC(C)(C)C)(OC(C)(C)C)OC(C)(C)C)cc1)C=C3. The van der Waals surface area contributed by atoms with Crippen LogP contribution >= 0.6 is 0 Å². The van der Waals surface area contributed by atoms with Crippen LogP contribution in [0, 0.1) is 12.7 Å². The summed E-state index contributed by atoms with van der Waals surface area (Å²) in [4.78, 5) is 0. The summed E-state index contributed by atoms with van der Waals surface area (Å²) in [5.41, 5.74) is 6.08. The lowest BCUT2D eigenvalue weighted by atomic mass is 9.76. The lowest BCUT2D eigenvalue weighted by Crippen LogP contribution is -2.57. The summed E-state index contributed by atoms with van der Waals surface area (Å²) in [6.45, 7) is 30.2. The molecule has 2 aliphatic rings. The maximum atomic E-state index is 14.5. The largest absolute Gasteiger partial charge is 0.502 e. The minimum atomic E-state index is -3.17. The molecule has 6 nitrogen and oxygen atoms in total. The minimum Gasteiger partial charge on any atom is -0.491 e. The summed E-state index contributed by atoms with van der Waals surface area (Å²) >= 11 is 0. The van der Waals surface area contributed by atoms with Crippen molar-refractivity contribution in [3.8, 4) is 22.6 Å². The molecular formula is C54H67FO6Si. The zero-order valence-electron chi connectivity index (χ0n) is 39.5. The molecule has 1 unspecified atom stereocenters. The predicted octanol–water partition coefficient (Wildman–Crippen LogP) is 13.9. The first-order chi connectivity index (χ1) is 28.8. The maximum Gasteiger partial charge on any atom is 0.502 e. The van der Waals surface area contributed by atoms with Crippen molar-refractivity contribution in [2.45, 2.75) is 143 Å². The van der Waals surface area contributed by atoms with Crippen LogP contribution in [0.1, 0.15) is 130 Å². The van der Waals surface area contributed by atoms with Gasteiger partial charge in [-0.3, -0.25) is 0 Å². The van der Waals surface area contributed by atoms with Crippen molar-refractivity contribution in [3.05, 3.63) is 136 Å². The summed E-state index contributed by atoms with van der Waals surface area (Å²) in [5, 5.41) is 2.20. The third-order valence-corrected chi connectivity index (χ3v) is 15.1. The standard InChI is InChI=1S/C54H67FO6Si/c1-36-19-28-43-45(35-36)53(13,14)47-44-29-30-54(37-20-24-39(55)25-21-37,58-48(44)42-18-16-15-17-41(42)46(43)47)38-22-26-40(27-23-38)56-32-33-57-52(11,12)31-34-62(59-49(2,3)4,60-50(5,6)7)61-51(8,9)10/h15-30,35H,31-34H2,1-14H3. The summed E-state index contributed by atoms with van der Waals surface area (Å²) in [6.07, 6.45) is 5.04. The molecule has 0 fully saturated rings. The Bertz CT molecular complexity index is 2410. The molecule has 0 aromatic heterocycles. The molecule has 330 valence electrons. The zero-order chi connectivity index (χ0) is 45.1. The van der Waals surface area contributed by atoms with Crippen molar-refractivity contribution in [3.63, 3.8) is 0 Å². The van der Waals surface area contributed by atoms with Crippen molar-refractivity contribution < 1.29 is 31.9 Å². The molecule has 5 aromatic rings. The van der Waals surface area contributed by atoms with E-state index in [1.165, 1.54) is 39.9 Å². The molecule has 0 spiro atoms. The van der Waals surface area contributed by atoms with Crippen LogP contribution in [0.25, 0.3) is 28.0 Å². The number of hydrogen-bond donors (Lipinski definition) is 0. The summed E-state index contributed by atoms with van der Waals surface area (Å²) in [6, 6.07) is 30.6. The van der Waals surface area contributed by atoms with Gasteiger partial charge in [-0.1, -0.05) is 92.2 Å². The molecule has 5 aromatic carbocycles. The van der Waals surface area contributed by atoms with Gasteiger partial charge < -0.3 is 27.5 Å². The number of hydrogen-bond acceptors (Lipinski definition) is 6. The molecule has 8 heteroatoms. The Labute approximate surface area is 371 Å².